The highest BCUT2D eigenvalue weighted by molar-refractivity contribution is 5.91. The lowest BCUT2D eigenvalue weighted by Gasteiger charge is -2.06. The van der Waals surface area contributed by atoms with Crippen molar-refractivity contribution in [3.05, 3.63) is 54.1 Å². The molecule has 120 valence electrons. The van der Waals surface area contributed by atoms with Crippen LogP contribution in [0.4, 0.5) is 5.69 Å². The Morgan fingerprint density at radius 1 is 1.13 bits per heavy atom. The molecule has 23 heavy (non-hydrogen) atoms. The quantitative estimate of drug-likeness (QED) is 0.630. The van der Waals surface area contributed by atoms with E-state index in [0.717, 1.165) is 0 Å². The first kappa shape index (κ1) is 16.4. The van der Waals surface area contributed by atoms with E-state index in [1.807, 2.05) is 18.2 Å². The summed E-state index contributed by atoms with van der Waals surface area (Å²) in [6.07, 6.45) is 1.47. The van der Waals surface area contributed by atoms with Gasteiger partial charge in [-0.2, -0.15) is 0 Å². The summed E-state index contributed by atoms with van der Waals surface area (Å²) in [6.45, 7) is -0.183. The van der Waals surface area contributed by atoms with Crippen LogP contribution in [0.3, 0.4) is 0 Å². The predicted molar refractivity (Wildman–Crippen MR) is 88.2 cm³/mol. The normalized spacial score (nSPS) is 10.3. The molecular formula is C17H18N2O4. The minimum absolute atomic E-state index is 0.183. The fourth-order valence-corrected chi connectivity index (χ4v) is 1.85. The number of carbonyl (C=O) groups is 1. The summed E-state index contributed by atoms with van der Waals surface area (Å²) < 4.78 is 10.4. The molecule has 0 heterocycles. The number of carbonyl (C=O) groups excluding carboxylic acids is 1. The van der Waals surface area contributed by atoms with Gasteiger partial charge in [-0.1, -0.05) is 23.4 Å². The van der Waals surface area contributed by atoms with Gasteiger partial charge in [-0.25, -0.2) is 0 Å². The molecule has 0 saturated carbocycles. The Balaban J connectivity index is 1.88. The van der Waals surface area contributed by atoms with E-state index in [4.69, 9.17) is 14.3 Å². The second-order valence-corrected chi connectivity index (χ2v) is 4.53. The van der Waals surface area contributed by atoms with Gasteiger partial charge in [-0.05, 0) is 30.3 Å². The molecule has 0 bridgehead atoms. The van der Waals surface area contributed by atoms with Gasteiger partial charge in [0.2, 0.25) is 0 Å². The van der Waals surface area contributed by atoms with Crippen molar-refractivity contribution in [1.29, 1.82) is 0 Å². The summed E-state index contributed by atoms with van der Waals surface area (Å²) in [5.74, 6) is 1.02. The number of rotatable bonds is 7. The highest BCUT2D eigenvalue weighted by atomic mass is 16.6. The zero-order chi connectivity index (χ0) is 16.5. The molecule has 1 amide bonds. The van der Waals surface area contributed by atoms with E-state index in [2.05, 4.69) is 10.5 Å². The highest BCUT2D eigenvalue weighted by Gasteiger charge is 2.04. The van der Waals surface area contributed by atoms with Crippen molar-refractivity contribution >= 4 is 17.8 Å². The molecule has 0 atom stereocenters. The molecule has 0 radical (unpaired) electrons. The molecule has 0 aliphatic heterocycles. The van der Waals surface area contributed by atoms with E-state index in [1.165, 1.54) is 6.21 Å². The second-order valence-electron chi connectivity index (χ2n) is 4.53. The van der Waals surface area contributed by atoms with Crippen LogP contribution in [0.2, 0.25) is 0 Å². The molecule has 2 aromatic carbocycles. The molecule has 0 spiro atoms. The number of ether oxygens (including phenoxy) is 2. The van der Waals surface area contributed by atoms with Crippen molar-refractivity contribution < 1.29 is 19.1 Å². The summed E-state index contributed by atoms with van der Waals surface area (Å²) >= 11 is 0. The number of amides is 1. The second kappa shape index (κ2) is 8.43. The molecule has 0 aromatic heterocycles. The molecule has 0 aliphatic rings. The van der Waals surface area contributed by atoms with E-state index in [9.17, 15) is 4.79 Å². The van der Waals surface area contributed by atoms with Gasteiger partial charge in [-0.3, -0.25) is 4.79 Å². The maximum Gasteiger partial charge on any atom is 0.265 e. The van der Waals surface area contributed by atoms with Crippen LogP contribution in [0, 0.1) is 0 Å². The lowest BCUT2D eigenvalue weighted by Crippen LogP contribution is -2.16. The van der Waals surface area contributed by atoms with Gasteiger partial charge in [0.05, 0.1) is 20.4 Å². The standard InChI is InChI=1S/C17H18N2O4/c1-21-15-8-9-16(22-2)13(10-15)11-18-23-12-17(20)19-14-6-4-3-5-7-14/h3-11H,12H2,1-2H3,(H,19,20)/b18-11-. The van der Waals surface area contributed by atoms with Crippen molar-refractivity contribution in [3.63, 3.8) is 0 Å². The minimum Gasteiger partial charge on any atom is -0.497 e. The molecular weight excluding hydrogens is 296 g/mol. The third-order valence-electron chi connectivity index (χ3n) is 2.96. The Bertz CT molecular complexity index is 672. The molecule has 6 nitrogen and oxygen atoms in total. The third kappa shape index (κ3) is 5.03. The van der Waals surface area contributed by atoms with E-state index in [0.29, 0.717) is 22.7 Å². The number of oxime groups is 1. The Hall–Kier alpha value is -3.02. The van der Waals surface area contributed by atoms with Crippen molar-refractivity contribution in [3.8, 4) is 11.5 Å². The number of para-hydroxylation sites is 1. The SMILES string of the molecule is COc1ccc(OC)c(/C=N\OCC(=O)Nc2ccccc2)c1. The smallest absolute Gasteiger partial charge is 0.265 e. The first-order valence-corrected chi connectivity index (χ1v) is 6.95. The monoisotopic (exact) mass is 314 g/mol. The van der Waals surface area contributed by atoms with Crippen LogP contribution in [-0.2, 0) is 9.63 Å². The van der Waals surface area contributed by atoms with Gasteiger partial charge < -0.3 is 19.6 Å². The van der Waals surface area contributed by atoms with Crippen molar-refractivity contribution in [1.82, 2.24) is 0 Å². The van der Waals surface area contributed by atoms with Gasteiger partial charge >= 0.3 is 0 Å². The first-order valence-electron chi connectivity index (χ1n) is 6.95. The molecule has 0 unspecified atom stereocenters. The minimum atomic E-state index is -0.286. The van der Waals surface area contributed by atoms with Crippen LogP contribution in [0.5, 0.6) is 11.5 Å². The van der Waals surface area contributed by atoms with E-state index in [-0.39, 0.29) is 12.5 Å². The largest absolute Gasteiger partial charge is 0.497 e. The lowest BCUT2D eigenvalue weighted by atomic mass is 10.2. The van der Waals surface area contributed by atoms with Crippen molar-refractivity contribution in [2.75, 3.05) is 26.1 Å². The summed E-state index contributed by atoms with van der Waals surface area (Å²) in [5.41, 5.74) is 1.40. The molecule has 6 heteroatoms. The maximum atomic E-state index is 11.7. The Labute approximate surface area is 134 Å². The van der Waals surface area contributed by atoms with E-state index in [1.54, 1.807) is 44.6 Å². The fourth-order valence-electron chi connectivity index (χ4n) is 1.85. The summed E-state index contributed by atoms with van der Waals surface area (Å²) in [4.78, 5) is 16.7. The Morgan fingerprint density at radius 3 is 2.61 bits per heavy atom. The van der Waals surface area contributed by atoms with Crippen LogP contribution in [0.1, 0.15) is 5.56 Å². The molecule has 2 rings (SSSR count). The zero-order valence-electron chi connectivity index (χ0n) is 13.0. The number of hydrogen-bond donors (Lipinski definition) is 1. The van der Waals surface area contributed by atoms with E-state index >= 15 is 0 Å². The number of anilines is 1. The summed E-state index contributed by atoms with van der Waals surface area (Å²) in [6, 6.07) is 14.4. The number of methoxy groups -OCH3 is 2. The highest BCUT2D eigenvalue weighted by Crippen LogP contribution is 2.22. The van der Waals surface area contributed by atoms with Crippen LogP contribution in [-0.4, -0.2) is 32.9 Å². The van der Waals surface area contributed by atoms with Crippen LogP contribution >= 0.6 is 0 Å². The molecule has 2 aromatic rings. The van der Waals surface area contributed by atoms with Gasteiger partial charge in [-0.15, -0.1) is 0 Å². The third-order valence-corrected chi connectivity index (χ3v) is 2.96. The molecule has 0 saturated heterocycles. The zero-order valence-corrected chi connectivity index (χ0v) is 13.0. The summed E-state index contributed by atoms with van der Waals surface area (Å²) in [7, 11) is 3.14. The van der Waals surface area contributed by atoms with Crippen LogP contribution in [0.25, 0.3) is 0 Å². The molecule has 0 aliphatic carbocycles. The van der Waals surface area contributed by atoms with Gasteiger partial charge in [0.15, 0.2) is 6.61 Å². The van der Waals surface area contributed by atoms with Crippen LogP contribution in [0.15, 0.2) is 53.7 Å². The Morgan fingerprint density at radius 2 is 1.91 bits per heavy atom. The fraction of sp³-hybridized carbons (Fsp3) is 0.176. The number of nitrogens with one attached hydrogen (secondary N) is 1. The van der Waals surface area contributed by atoms with Crippen molar-refractivity contribution in [2.45, 2.75) is 0 Å². The topological polar surface area (TPSA) is 69.1 Å². The first-order chi connectivity index (χ1) is 11.2. The average molecular weight is 314 g/mol. The lowest BCUT2D eigenvalue weighted by molar-refractivity contribution is -0.120. The summed E-state index contributed by atoms with van der Waals surface area (Å²) in [5, 5.41) is 6.48. The van der Waals surface area contributed by atoms with Gasteiger partial charge in [0.25, 0.3) is 5.91 Å². The molecule has 1 N–H and O–H groups in total. The van der Waals surface area contributed by atoms with Gasteiger partial charge in [0, 0.05) is 11.3 Å². The molecule has 0 fully saturated rings. The maximum absolute atomic E-state index is 11.7. The number of benzene rings is 2. The number of hydrogen-bond acceptors (Lipinski definition) is 5. The number of nitrogens with zero attached hydrogens (tertiary/aromatic N) is 1. The van der Waals surface area contributed by atoms with Crippen molar-refractivity contribution in [2.24, 2.45) is 5.16 Å². The Kier molecular flexibility index (Phi) is 5.99. The predicted octanol–water partition coefficient (Wildman–Crippen LogP) is 2.69. The average Bonchev–Trinajstić information content (AvgIpc) is 2.59. The van der Waals surface area contributed by atoms with Gasteiger partial charge in [0.1, 0.15) is 11.5 Å². The van der Waals surface area contributed by atoms with Crippen LogP contribution < -0.4 is 14.8 Å². The van der Waals surface area contributed by atoms with E-state index < -0.39 is 0 Å².